The first-order chi connectivity index (χ1) is 9.57. The van der Waals surface area contributed by atoms with E-state index in [2.05, 4.69) is 12.2 Å². The van der Waals surface area contributed by atoms with E-state index >= 15 is 0 Å². The summed E-state index contributed by atoms with van der Waals surface area (Å²) in [5.74, 6) is 0.0570. The molecule has 2 rings (SSSR count). The molecule has 1 unspecified atom stereocenters. The second-order valence-electron chi connectivity index (χ2n) is 6.23. The van der Waals surface area contributed by atoms with E-state index in [1.165, 1.54) is 0 Å². The Labute approximate surface area is 120 Å². The van der Waals surface area contributed by atoms with E-state index in [4.69, 9.17) is 5.11 Å². The van der Waals surface area contributed by atoms with Crippen LogP contribution in [0.15, 0.2) is 0 Å². The van der Waals surface area contributed by atoms with Crippen LogP contribution in [0.4, 0.5) is 0 Å². The zero-order chi connectivity index (χ0) is 14.6. The molecule has 2 aliphatic heterocycles. The molecule has 0 spiro atoms. The summed E-state index contributed by atoms with van der Waals surface area (Å²) in [6.07, 6.45) is 4.75. The van der Waals surface area contributed by atoms with Gasteiger partial charge in [-0.15, -0.1) is 0 Å². The number of piperidine rings is 1. The van der Waals surface area contributed by atoms with E-state index < -0.39 is 5.97 Å². The van der Waals surface area contributed by atoms with Crippen molar-refractivity contribution >= 4 is 11.9 Å². The van der Waals surface area contributed by atoms with E-state index in [9.17, 15) is 9.59 Å². The molecule has 2 heterocycles. The highest BCUT2D eigenvalue weighted by Crippen LogP contribution is 2.33. The van der Waals surface area contributed by atoms with E-state index in [1.54, 1.807) is 0 Å². The van der Waals surface area contributed by atoms with Gasteiger partial charge in [-0.3, -0.25) is 9.59 Å². The quantitative estimate of drug-likeness (QED) is 0.801. The van der Waals surface area contributed by atoms with E-state index in [1.807, 2.05) is 4.90 Å². The molecule has 0 aliphatic carbocycles. The summed E-state index contributed by atoms with van der Waals surface area (Å²) in [5, 5.41) is 12.0. The van der Waals surface area contributed by atoms with Crippen molar-refractivity contribution in [3.8, 4) is 0 Å². The van der Waals surface area contributed by atoms with Crippen LogP contribution in [-0.2, 0) is 9.59 Å². The predicted molar refractivity (Wildman–Crippen MR) is 76.4 cm³/mol. The number of carboxylic acid groups (broad SMARTS) is 1. The van der Waals surface area contributed by atoms with Gasteiger partial charge >= 0.3 is 5.97 Å². The number of hydrogen-bond donors (Lipinski definition) is 2. The third kappa shape index (κ3) is 3.32. The molecule has 0 bridgehead atoms. The molecule has 2 N–H and O–H groups in total. The number of amides is 1. The molecule has 5 nitrogen and oxygen atoms in total. The van der Waals surface area contributed by atoms with Gasteiger partial charge in [0.1, 0.15) is 0 Å². The van der Waals surface area contributed by atoms with Gasteiger partial charge in [-0.25, -0.2) is 0 Å². The van der Waals surface area contributed by atoms with Gasteiger partial charge in [0, 0.05) is 26.1 Å². The van der Waals surface area contributed by atoms with Crippen molar-refractivity contribution in [2.75, 3.05) is 26.2 Å². The van der Waals surface area contributed by atoms with Crippen molar-refractivity contribution in [3.05, 3.63) is 0 Å². The Balaban J connectivity index is 1.84. The number of hydrogen-bond acceptors (Lipinski definition) is 3. The second kappa shape index (κ2) is 6.57. The average molecular weight is 282 g/mol. The first-order valence-electron chi connectivity index (χ1n) is 7.79. The first-order valence-corrected chi connectivity index (χ1v) is 7.79. The fraction of sp³-hybridized carbons (Fsp3) is 0.867. The minimum atomic E-state index is -0.717. The van der Waals surface area contributed by atoms with Gasteiger partial charge in [0.2, 0.25) is 5.91 Å². The fourth-order valence-electron chi connectivity index (χ4n) is 3.47. The number of nitrogens with zero attached hydrogens (tertiary/aromatic N) is 1. The number of likely N-dealkylation sites (tertiary alicyclic amines) is 1. The lowest BCUT2D eigenvalue weighted by Gasteiger charge is -2.37. The lowest BCUT2D eigenvalue weighted by atomic mass is 9.81. The van der Waals surface area contributed by atoms with Gasteiger partial charge in [-0.1, -0.05) is 6.92 Å². The Hall–Kier alpha value is -1.10. The van der Waals surface area contributed by atoms with Crippen molar-refractivity contribution < 1.29 is 14.7 Å². The minimum Gasteiger partial charge on any atom is -0.481 e. The van der Waals surface area contributed by atoms with Crippen molar-refractivity contribution in [2.24, 2.45) is 11.3 Å². The molecule has 20 heavy (non-hydrogen) atoms. The van der Waals surface area contributed by atoms with E-state index in [0.29, 0.717) is 11.8 Å². The summed E-state index contributed by atoms with van der Waals surface area (Å²) < 4.78 is 0. The van der Waals surface area contributed by atoms with Crippen LogP contribution < -0.4 is 5.32 Å². The maximum absolute atomic E-state index is 12.7. The first kappa shape index (κ1) is 15.3. The number of nitrogens with one attached hydrogen (secondary N) is 1. The van der Waals surface area contributed by atoms with Crippen molar-refractivity contribution in [1.29, 1.82) is 0 Å². The van der Waals surface area contributed by atoms with Crippen molar-refractivity contribution in [3.63, 3.8) is 0 Å². The molecule has 0 saturated carbocycles. The van der Waals surface area contributed by atoms with Crippen LogP contribution in [0.25, 0.3) is 0 Å². The lowest BCUT2D eigenvalue weighted by Crippen LogP contribution is -2.48. The number of carbonyl (C=O) groups excluding carboxylic acids is 1. The Morgan fingerprint density at radius 1 is 1.35 bits per heavy atom. The summed E-state index contributed by atoms with van der Waals surface area (Å²) in [6.45, 7) is 5.44. The molecular formula is C15H26N2O3. The highest BCUT2D eigenvalue weighted by atomic mass is 16.4. The molecule has 2 saturated heterocycles. The second-order valence-corrected chi connectivity index (χ2v) is 6.23. The Kier molecular flexibility index (Phi) is 5.02. The fourth-order valence-corrected chi connectivity index (χ4v) is 3.47. The van der Waals surface area contributed by atoms with Gasteiger partial charge in [-0.2, -0.15) is 0 Å². The highest BCUT2D eigenvalue weighted by Gasteiger charge is 2.42. The third-order valence-electron chi connectivity index (χ3n) is 5.04. The molecule has 0 aromatic rings. The summed E-state index contributed by atoms with van der Waals surface area (Å²) >= 11 is 0. The molecule has 0 radical (unpaired) electrons. The smallest absolute Gasteiger partial charge is 0.303 e. The Bertz CT molecular complexity index is 356. The van der Waals surface area contributed by atoms with Crippen LogP contribution in [0, 0.1) is 11.3 Å². The standard InChI is InChI=1S/C15H26N2O3/c1-2-15(7-8-16-11-15)14(20)17-9-5-12(6-10-17)3-4-13(18)19/h12,16H,2-11H2,1H3,(H,18,19). The summed E-state index contributed by atoms with van der Waals surface area (Å²) in [7, 11) is 0. The van der Waals surface area contributed by atoms with Gasteiger partial charge < -0.3 is 15.3 Å². The molecule has 2 aliphatic rings. The molecule has 2 fully saturated rings. The number of aliphatic carboxylic acids is 1. The van der Waals surface area contributed by atoms with Gasteiger partial charge in [0.25, 0.3) is 0 Å². The zero-order valence-electron chi connectivity index (χ0n) is 12.4. The normalized spacial score (nSPS) is 27.8. The molecule has 0 aromatic carbocycles. The molecule has 1 amide bonds. The van der Waals surface area contributed by atoms with Gasteiger partial charge in [0.15, 0.2) is 0 Å². The number of rotatable bonds is 5. The molecular weight excluding hydrogens is 256 g/mol. The summed E-state index contributed by atoms with van der Waals surface area (Å²) in [4.78, 5) is 25.3. The maximum Gasteiger partial charge on any atom is 0.303 e. The maximum atomic E-state index is 12.7. The van der Waals surface area contributed by atoms with Crippen LogP contribution in [0.3, 0.4) is 0 Å². The van der Waals surface area contributed by atoms with Crippen molar-refractivity contribution in [1.82, 2.24) is 10.2 Å². The predicted octanol–water partition coefficient (Wildman–Crippen LogP) is 1.48. The lowest BCUT2D eigenvalue weighted by molar-refractivity contribution is -0.143. The Morgan fingerprint density at radius 3 is 2.55 bits per heavy atom. The van der Waals surface area contributed by atoms with Crippen LogP contribution >= 0.6 is 0 Å². The largest absolute Gasteiger partial charge is 0.481 e. The summed E-state index contributed by atoms with van der Waals surface area (Å²) in [6, 6.07) is 0. The van der Waals surface area contributed by atoms with Gasteiger partial charge in [-0.05, 0) is 44.6 Å². The highest BCUT2D eigenvalue weighted by molar-refractivity contribution is 5.83. The topological polar surface area (TPSA) is 69.6 Å². The zero-order valence-corrected chi connectivity index (χ0v) is 12.4. The van der Waals surface area contributed by atoms with Crippen LogP contribution in [0.5, 0.6) is 0 Å². The van der Waals surface area contributed by atoms with Crippen molar-refractivity contribution in [2.45, 2.75) is 45.4 Å². The Morgan fingerprint density at radius 2 is 2.05 bits per heavy atom. The molecule has 0 aromatic heterocycles. The molecule has 114 valence electrons. The van der Waals surface area contributed by atoms with Gasteiger partial charge in [0.05, 0.1) is 5.41 Å². The molecule has 1 atom stereocenters. The average Bonchev–Trinajstić information content (AvgIpc) is 2.95. The van der Waals surface area contributed by atoms with Crippen LogP contribution in [0.1, 0.15) is 45.4 Å². The minimum absolute atomic E-state index is 0.187. The third-order valence-corrected chi connectivity index (χ3v) is 5.04. The number of carboxylic acids is 1. The number of carbonyl (C=O) groups is 2. The molecule has 5 heteroatoms. The van der Waals surface area contributed by atoms with E-state index in [0.717, 1.165) is 58.3 Å². The van der Waals surface area contributed by atoms with E-state index in [-0.39, 0.29) is 11.8 Å². The SMILES string of the molecule is CCC1(C(=O)N2CCC(CCC(=O)O)CC2)CCNC1. The summed E-state index contributed by atoms with van der Waals surface area (Å²) in [5.41, 5.74) is -0.187. The van der Waals surface area contributed by atoms with Crippen LogP contribution in [-0.4, -0.2) is 48.1 Å². The monoisotopic (exact) mass is 282 g/mol. The van der Waals surface area contributed by atoms with Crippen LogP contribution in [0.2, 0.25) is 0 Å².